The lowest BCUT2D eigenvalue weighted by molar-refractivity contribution is -0.116. The van der Waals surface area contributed by atoms with E-state index >= 15 is 0 Å². The number of hydrogen-bond acceptors (Lipinski definition) is 5. The first-order valence-corrected chi connectivity index (χ1v) is 13.1. The van der Waals surface area contributed by atoms with Gasteiger partial charge in [0.1, 0.15) is 6.10 Å². The minimum absolute atomic E-state index is 0.119. The van der Waals surface area contributed by atoms with Gasteiger partial charge in [-0.05, 0) is 86.6 Å². The van der Waals surface area contributed by atoms with Crippen molar-refractivity contribution in [2.24, 2.45) is 11.3 Å². The number of amides is 1. The molecule has 1 aromatic carbocycles. The Hall–Kier alpha value is -2.73. The number of phenolic OH excluding ortho intramolecular Hbond substituents is 1. The molecule has 0 radical (unpaired) electrons. The van der Waals surface area contributed by atoms with E-state index in [1.54, 1.807) is 31.7 Å². The van der Waals surface area contributed by atoms with Crippen LogP contribution in [0.15, 0.2) is 41.2 Å². The molecule has 2 bridgehead atoms. The molecule has 4 atom stereocenters. The second-order valence-corrected chi connectivity index (χ2v) is 11.2. The SMILES string of the molecule is CNC(=O)/C=C/c1ccoc1.C[C@@]12CCC[C@@H]3Oc4c(O)ccc5c4[C@@]31CCN(CC1CC1)[C@@H]2C5. The standard InChI is InChI=1S/C21H27NO2.C8H9NO2/c1-20-8-2-3-17-21(20)9-10-22(12-13-4-5-13)16(20)11-14-6-7-15(23)19(24-17)18(14)21;1-9-8(10)3-2-7-4-5-11-6-7/h6-7,13,16-17,23H,2-5,8-12H2,1H3;2-6H,1H3,(H,9,10)/b;3-2+/t16-,17+,20+,21-;/m1./s1. The van der Waals surface area contributed by atoms with Gasteiger partial charge in [0.25, 0.3) is 0 Å². The average Bonchev–Trinajstić information content (AvgIpc) is 3.37. The maximum atomic E-state index is 10.7. The van der Waals surface area contributed by atoms with E-state index in [2.05, 4.69) is 23.2 Å². The maximum Gasteiger partial charge on any atom is 0.243 e. The van der Waals surface area contributed by atoms with Crippen LogP contribution in [0, 0.1) is 11.3 Å². The second-order valence-electron chi connectivity index (χ2n) is 11.2. The molecule has 5 aliphatic rings. The number of aromatic hydroxyl groups is 1. The number of nitrogens with zero attached hydrogens (tertiary/aromatic N) is 1. The first-order chi connectivity index (χ1) is 17.0. The van der Waals surface area contributed by atoms with Gasteiger partial charge in [0.2, 0.25) is 5.91 Å². The number of phenols is 1. The van der Waals surface area contributed by atoms with E-state index in [4.69, 9.17) is 9.15 Å². The molecule has 1 amide bonds. The minimum Gasteiger partial charge on any atom is -0.504 e. The van der Waals surface area contributed by atoms with Gasteiger partial charge in [0, 0.05) is 42.3 Å². The summed E-state index contributed by atoms with van der Waals surface area (Å²) >= 11 is 0. The van der Waals surface area contributed by atoms with Crippen molar-refractivity contribution in [2.45, 2.75) is 69.4 Å². The van der Waals surface area contributed by atoms with Crippen LogP contribution in [0.25, 0.3) is 6.08 Å². The molecule has 2 N–H and O–H groups in total. The quantitative estimate of drug-likeness (QED) is 0.628. The fourth-order valence-corrected chi connectivity index (χ4v) is 7.58. The molecule has 3 heterocycles. The number of likely N-dealkylation sites (N-methyl/N-ethyl adjacent to an activating group) is 1. The highest BCUT2D eigenvalue weighted by atomic mass is 16.5. The Labute approximate surface area is 207 Å². The van der Waals surface area contributed by atoms with E-state index in [1.807, 2.05) is 6.07 Å². The highest BCUT2D eigenvalue weighted by Crippen LogP contribution is 2.69. The van der Waals surface area contributed by atoms with Crippen molar-refractivity contribution < 1.29 is 19.1 Å². The van der Waals surface area contributed by atoms with Crippen LogP contribution in [0.3, 0.4) is 0 Å². The van der Waals surface area contributed by atoms with Crippen LogP contribution < -0.4 is 10.1 Å². The molecule has 6 heteroatoms. The number of carbonyl (C=O) groups is 1. The van der Waals surface area contributed by atoms with E-state index in [1.165, 1.54) is 62.4 Å². The monoisotopic (exact) mass is 476 g/mol. The maximum absolute atomic E-state index is 10.7. The molecule has 1 aromatic heterocycles. The Balaban J connectivity index is 0.000000177. The molecule has 35 heavy (non-hydrogen) atoms. The summed E-state index contributed by atoms with van der Waals surface area (Å²) in [5, 5.41) is 12.9. The smallest absolute Gasteiger partial charge is 0.243 e. The minimum atomic E-state index is -0.119. The van der Waals surface area contributed by atoms with Crippen molar-refractivity contribution in [1.82, 2.24) is 10.2 Å². The number of nitrogens with one attached hydrogen (secondary N) is 1. The molecule has 0 unspecified atom stereocenters. The van der Waals surface area contributed by atoms with Crippen LogP contribution in [0.1, 0.15) is 62.1 Å². The molecule has 3 aliphatic carbocycles. The lowest BCUT2D eigenvalue weighted by Crippen LogP contribution is -2.70. The Kier molecular flexibility index (Phi) is 5.48. The van der Waals surface area contributed by atoms with Crippen molar-refractivity contribution in [1.29, 1.82) is 0 Å². The number of likely N-dealkylation sites (tertiary alicyclic amines) is 1. The molecule has 7 rings (SSSR count). The Morgan fingerprint density at radius 2 is 2.11 bits per heavy atom. The normalized spacial score (nSPS) is 32.4. The van der Waals surface area contributed by atoms with Crippen LogP contribution in [-0.4, -0.2) is 48.2 Å². The number of carbonyl (C=O) groups excluding carboxylic acids is 1. The molecule has 186 valence electrons. The van der Waals surface area contributed by atoms with Gasteiger partial charge < -0.3 is 19.6 Å². The van der Waals surface area contributed by atoms with E-state index in [9.17, 15) is 9.90 Å². The van der Waals surface area contributed by atoms with Gasteiger partial charge in [-0.15, -0.1) is 0 Å². The number of hydrogen-bond donors (Lipinski definition) is 2. The van der Waals surface area contributed by atoms with Gasteiger partial charge in [0.05, 0.1) is 12.5 Å². The van der Waals surface area contributed by atoms with Gasteiger partial charge in [-0.1, -0.05) is 13.0 Å². The predicted molar refractivity (Wildman–Crippen MR) is 134 cm³/mol. The summed E-state index contributed by atoms with van der Waals surface area (Å²) in [4.78, 5) is 13.5. The summed E-state index contributed by atoms with van der Waals surface area (Å²) in [6, 6.07) is 6.48. The average molecular weight is 477 g/mol. The zero-order chi connectivity index (χ0) is 24.2. The van der Waals surface area contributed by atoms with E-state index in [0.717, 1.165) is 30.1 Å². The third-order valence-corrected chi connectivity index (χ3v) is 9.45. The zero-order valence-electron chi connectivity index (χ0n) is 20.8. The lowest BCUT2D eigenvalue weighted by atomic mass is 9.44. The van der Waals surface area contributed by atoms with Crippen LogP contribution >= 0.6 is 0 Å². The first kappa shape index (κ1) is 22.7. The van der Waals surface area contributed by atoms with Crippen molar-refractivity contribution in [3.63, 3.8) is 0 Å². The summed E-state index contributed by atoms with van der Waals surface area (Å²) in [5.41, 5.74) is 4.19. The molecule has 6 nitrogen and oxygen atoms in total. The molecule has 1 saturated heterocycles. The van der Waals surface area contributed by atoms with Crippen LogP contribution in [0.4, 0.5) is 0 Å². The fraction of sp³-hybridized carbons (Fsp3) is 0.552. The Bertz CT molecular complexity index is 1140. The summed E-state index contributed by atoms with van der Waals surface area (Å²) < 4.78 is 11.2. The number of ether oxygens (including phenoxy) is 1. The Morgan fingerprint density at radius 3 is 2.86 bits per heavy atom. The van der Waals surface area contributed by atoms with Gasteiger partial charge in [0.15, 0.2) is 11.5 Å². The van der Waals surface area contributed by atoms with Crippen LogP contribution in [0.2, 0.25) is 0 Å². The zero-order valence-corrected chi connectivity index (χ0v) is 20.8. The van der Waals surface area contributed by atoms with Crippen molar-refractivity contribution in [3.05, 3.63) is 53.5 Å². The van der Waals surface area contributed by atoms with Crippen molar-refractivity contribution in [2.75, 3.05) is 20.1 Å². The number of furan rings is 1. The predicted octanol–water partition coefficient (Wildman–Crippen LogP) is 4.66. The van der Waals surface area contributed by atoms with E-state index < -0.39 is 0 Å². The summed E-state index contributed by atoms with van der Waals surface area (Å²) in [5.74, 6) is 2.03. The van der Waals surface area contributed by atoms with Gasteiger partial charge in [-0.3, -0.25) is 9.69 Å². The van der Waals surface area contributed by atoms with Crippen LogP contribution in [0.5, 0.6) is 11.5 Å². The molecule has 3 fully saturated rings. The van der Waals surface area contributed by atoms with Gasteiger partial charge >= 0.3 is 0 Å². The third kappa shape index (κ3) is 3.52. The summed E-state index contributed by atoms with van der Waals surface area (Å²) in [6.07, 6.45) is 15.5. The molecular weight excluding hydrogens is 440 g/mol. The molecule has 2 saturated carbocycles. The topological polar surface area (TPSA) is 74.9 Å². The first-order valence-electron chi connectivity index (χ1n) is 13.1. The molecule has 2 aromatic rings. The summed E-state index contributed by atoms with van der Waals surface area (Å²) in [7, 11) is 1.59. The van der Waals surface area contributed by atoms with Crippen molar-refractivity contribution in [3.8, 4) is 11.5 Å². The van der Waals surface area contributed by atoms with Gasteiger partial charge in [-0.2, -0.15) is 0 Å². The molecule has 2 aliphatic heterocycles. The van der Waals surface area contributed by atoms with Gasteiger partial charge in [-0.25, -0.2) is 0 Å². The third-order valence-electron chi connectivity index (χ3n) is 9.45. The highest BCUT2D eigenvalue weighted by molar-refractivity contribution is 5.91. The van der Waals surface area contributed by atoms with Crippen LogP contribution in [-0.2, 0) is 16.6 Å². The lowest BCUT2D eigenvalue weighted by Gasteiger charge is -2.64. The largest absolute Gasteiger partial charge is 0.504 e. The van der Waals surface area contributed by atoms with E-state index in [-0.39, 0.29) is 17.4 Å². The number of benzene rings is 1. The number of piperidine rings is 1. The highest BCUT2D eigenvalue weighted by Gasteiger charge is 2.69. The Morgan fingerprint density at radius 1 is 1.26 bits per heavy atom. The van der Waals surface area contributed by atoms with Crippen molar-refractivity contribution >= 4 is 12.0 Å². The summed E-state index contributed by atoms with van der Waals surface area (Å²) in [6.45, 7) is 5.07. The number of rotatable bonds is 4. The second kappa shape index (κ2) is 8.44. The van der Waals surface area contributed by atoms with E-state index in [0.29, 0.717) is 17.2 Å². The fourth-order valence-electron chi connectivity index (χ4n) is 7.58. The molecule has 1 spiro atoms. The molecular formula is C29H36N2O4.